The number of carbonyl (C=O) groups is 2. The number of amides is 1. The van der Waals surface area contributed by atoms with Crippen LogP contribution in [0.15, 0.2) is 46.2 Å². The van der Waals surface area contributed by atoms with Crippen molar-refractivity contribution in [2.45, 2.75) is 44.2 Å². The van der Waals surface area contributed by atoms with Crippen molar-refractivity contribution in [3.05, 3.63) is 57.7 Å². The van der Waals surface area contributed by atoms with Crippen molar-refractivity contribution in [3.8, 4) is 0 Å². The van der Waals surface area contributed by atoms with Gasteiger partial charge in [0.15, 0.2) is 16.6 Å². The third-order valence-electron chi connectivity index (χ3n) is 6.00. The molecule has 4 aromatic rings. The lowest BCUT2D eigenvalue weighted by Gasteiger charge is -2.22. The lowest BCUT2D eigenvalue weighted by atomic mass is 10.2. The molecule has 35 heavy (non-hydrogen) atoms. The zero-order valence-electron chi connectivity index (χ0n) is 19.1. The van der Waals surface area contributed by atoms with Gasteiger partial charge in [-0.25, -0.2) is 18.1 Å². The van der Waals surface area contributed by atoms with Crippen molar-refractivity contribution < 1.29 is 18.5 Å². The highest BCUT2D eigenvalue weighted by atomic mass is 79.9. The van der Waals surface area contributed by atoms with Crippen LogP contribution >= 0.6 is 27.5 Å². The Morgan fingerprint density at radius 2 is 1.94 bits per heavy atom. The molecule has 5 rings (SSSR count). The SMILES string of the molecule is CC(=O)OC1CC(c2nc(Br)c3cnc4c(c(Cl)cn4S(=O)c4ccc(C)cc4)n23)N(C(C)=O)C1. The van der Waals surface area contributed by atoms with E-state index in [4.69, 9.17) is 21.3 Å². The smallest absolute Gasteiger partial charge is 0.302 e. The first-order valence-electron chi connectivity index (χ1n) is 10.8. The van der Waals surface area contributed by atoms with Gasteiger partial charge in [0.1, 0.15) is 22.0 Å². The molecular weight excluding hydrogens is 558 g/mol. The number of aromatic nitrogens is 4. The van der Waals surface area contributed by atoms with E-state index in [0.717, 1.165) is 5.56 Å². The molecule has 1 aliphatic rings. The van der Waals surface area contributed by atoms with E-state index < -0.39 is 29.1 Å². The Labute approximate surface area is 216 Å². The number of halogens is 2. The number of carbonyl (C=O) groups excluding carboxylic acids is 2. The van der Waals surface area contributed by atoms with Gasteiger partial charge in [0.05, 0.1) is 34.2 Å². The van der Waals surface area contributed by atoms with Crippen molar-refractivity contribution in [3.63, 3.8) is 0 Å². The predicted molar refractivity (Wildman–Crippen MR) is 134 cm³/mol. The number of nitrogens with zero attached hydrogens (tertiary/aromatic N) is 5. The second kappa shape index (κ2) is 9.03. The Kier molecular flexibility index (Phi) is 6.18. The molecule has 3 atom stereocenters. The van der Waals surface area contributed by atoms with Gasteiger partial charge >= 0.3 is 5.97 Å². The minimum absolute atomic E-state index is 0.160. The topological polar surface area (TPSA) is 98.8 Å². The third-order valence-corrected chi connectivity index (χ3v) is 8.17. The van der Waals surface area contributed by atoms with Crippen molar-refractivity contribution in [1.29, 1.82) is 0 Å². The molecule has 1 amide bonds. The fourth-order valence-corrected chi connectivity index (χ4v) is 6.36. The van der Waals surface area contributed by atoms with Gasteiger partial charge in [-0.15, -0.1) is 0 Å². The number of fused-ring (bicyclic) bond motifs is 3. The molecule has 0 bridgehead atoms. The highest BCUT2D eigenvalue weighted by molar-refractivity contribution is 9.10. The first-order valence-corrected chi connectivity index (χ1v) is 13.1. The van der Waals surface area contributed by atoms with E-state index in [0.29, 0.717) is 43.4 Å². The van der Waals surface area contributed by atoms with E-state index >= 15 is 0 Å². The van der Waals surface area contributed by atoms with Gasteiger partial charge in [0.25, 0.3) is 0 Å². The summed E-state index contributed by atoms with van der Waals surface area (Å²) in [6.07, 6.45) is 3.16. The van der Waals surface area contributed by atoms with E-state index in [-0.39, 0.29) is 12.5 Å². The first-order chi connectivity index (χ1) is 16.7. The molecule has 3 aromatic heterocycles. The quantitative estimate of drug-likeness (QED) is 0.337. The Morgan fingerprint density at radius 3 is 2.60 bits per heavy atom. The molecule has 1 aromatic carbocycles. The van der Waals surface area contributed by atoms with Gasteiger partial charge < -0.3 is 9.64 Å². The van der Waals surface area contributed by atoms with Crippen molar-refractivity contribution in [1.82, 2.24) is 23.2 Å². The highest BCUT2D eigenvalue weighted by Gasteiger charge is 2.39. The van der Waals surface area contributed by atoms with Gasteiger partial charge in [-0.2, -0.15) is 0 Å². The van der Waals surface area contributed by atoms with E-state index in [1.165, 1.54) is 17.8 Å². The molecule has 1 fully saturated rings. The van der Waals surface area contributed by atoms with Crippen LogP contribution in [0, 0.1) is 6.92 Å². The molecule has 0 saturated carbocycles. The molecule has 9 nitrogen and oxygen atoms in total. The average Bonchev–Trinajstić information content (AvgIpc) is 3.47. The first kappa shape index (κ1) is 24.0. The molecule has 0 N–H and O–H groups in total. The Morgan fingerprint density at radius 1 is 1.23 bits per heavy atom. The van der Waals surface area contributed by atoms with Crippen molar-refractivity contribution in [2.24, 2.45) is 0 Å². The minimum atomic E-state index is -1.58. The summed E-state index contributed by atoms with van der Waals surface area (Å²) >= 11 is 10.2. The monoisotopic (exact) mass is 577 g/mol. The maximum absolute atomic E-state index is 13.4. The van der Waals surface area contributed by atoms with Crippen LogP contribution in [-0.2, 0) is 25.3 Å². The summed E-state index contributed by atoms with van der Waals surface area (Å²) in [5.41, 5.74) is 2.65. The van der Waals surface area contributed by atoms with Crippen LogP contribution < -0.4 is 0 Å². The van der Waals surface area contributed by atoms with Crippen LogP contribution in [0.2, 0.25) is 5.02 Å². The summed E-state index contributed by atoms with van der Waals surface area (Å²) in [5, 5.41) is 0.341. The van der Waals surface area contributed by atoms with Crippen molar-refractivity contribution >= 4 is 67.1 Å². The molecule has 0 radical (unpaired) electrons. The maximum Gasteiger partial charge on any atom is 0.302 e. The minimum Gasteiger partial charge on any atom is -0.461 e. The zero-order valence-corrected chi connectivity index (χ0v) is 22.2. The van der Waals surface area contributed by atoms with E-state index in [1.807, 2.05) is 23.5 Å². The molecule has 182 valence electrons. The average molecular weight is 579 g/mol. The fraction of sp³-hybridized carbons (Fsp3) is 0.304. The molecule has 1 aliphatic heterocycles. The van der Waals surface area contributed by atoms with Gasteiger partial charge in [0, 0.05) is 26.5 Å². The van der Waals surface area contributed by atoms with E-state index in [9.17, 15) is 13.8 Å². The summed E-state index contributed by atoms with van der Waals surface area (Å²) in [4.78, 5) is 35.5. The number of hydrogen-bond acceptors (Lipinski definition) is 6. The van der Waals surface area contributed by atoms with Crippen LogP contribution in [0.5, 0.6) is 0 Å². The number of likely N-dealkylation sites (tertiary alicyclic amines) is 1. The summed E-state index contributed by atoms with van der Waals surface area (Å²) in [6.45, 7) is 5.05. The summed E-state index contributed by atoms with van der Waals surface area (Å²) < 4.78 is 22.7. The Bertz CT molecular complexity index is 1520. The molecule has 12 heteroatoms. The zero-order chi connectivity index (χ0) is 25.0. The maximum atomic E-state index is 13.4. The molecular formula is C23H21BrClN5O4S. The molecule has 0 aliphatic carbocycles. The number of hydrogen-bond donors (Lipinski definition) is 0. The molecule has 1 saturated heterocycles. The van der Waals surface area contributed by atoms with Gasteiger partial charge in [0.2, 0.25) is 5.91 Å². The number of benzene rings is 1. The second-order valence-corrected chi connectivity index (χ2v) is 11.0. The lowest BCUT2D eigenvalue weighted by molar-refractivity contribution is -0.146. The number of aryl methyl sites for hydroxylation is 1. The lowest BCUT2D eigenvalue weighted by Crippen LogP contribution is -2.31. The van der Waals surface area contributed by atoms with E-state index in [2.05, 4.69) is 20.9 Å². The van der Waals surface area contributed by atoms with Crippen LogP contribution in [-0.4, -0.2) is 52.0 Å². The summed E-state index contributed by atoms with van der Waals surface area (Å²) in [5.74, 6) is -0.0181. The Hall–Kier alpha value is -2.76. The summed E-state index contributed by atoms with van der Waals surface area (Å²) in [6, 6.07) is 6.95. The molecule has 4 heterocycles. The van der Waals surface area contributed by atoms with Crippen LogP contribution in [0.4, 0.5) is 0 Å². The van der Waals surface area contributed by atoms with Crippen LogP contribution in [0.25, 0.3) is 16.7 Å². The predicted octanol–water partition coefficient (Wildman–Crippen LogP) is 4.20. The van der Waals surface area contributed by atoms with Gasteiger partial charge in [-0.3, -0.25) is 14.0 Å². The Balaban J connectivity index is 1.68. The second-order valence-electron chi connectivity index (χ2n) is 8.43. The normalized spacial score (nSPS) is 18.9. The largest absolute Gasteiger partial charge is 0.461 e. The van der Waals surface area contributed by atoms with Crippen LogP contribution in [0.1, 0.15) is 37.7 Å². The molecule has 3 unspecified atom stereocenters. The molecule has 0 spiro atoms. The van der Waals surface area contributed by atoms with Gasteiger partial charge in [-0.1, -0.05) is 29.3 Å². The number of rotatable bonds is 4. The van der Waals surface area contributed by atoms with Crippen LogP contribution in [0.3, 0.4) is 0 Å². The number of ether oxygens (including phenoxy) is 1. The summed E-state index contributed by atoms with van der Waals surface area (Å²) in [7, 11) is -1.58. The van der Waals surface area contributed by atoms with Gasteiger partial charge in [-0.05, 0) is 35.0 Å². The third kappa shape index (κ3) is 4.15. The number of imidazole rings is 1. The fourth-order valence-electron chi connectivity index (χ4n) is 4.48. The van der Waals surface area contributed by atoms with E-state index in [1.54, 1.807) is 29.4 Å². The number of esters is 1. The van der Waals surface area contributed by atoms with Crippen molar-refractivity contribution in [2.75, 3.05) is 6.54 Å². The standard InChI is InChI=1S/C23H21BrClN5O4S/c1-12-4-6-16(7-5-12)35(33)29-11-17(25)20-23(29)26-9-19-21(24)27-22(30(19)20)18-8-15(34-14(3)32)10-28(18)13(2)31/h4-7,9,11,15,18H,8,10H2,1-3H3. The highest BCUT2D eigenvalue weighted by Crippen LogP contribution is 2.38.